The highest BCUT2D eigenvalue weighted by atomic mass is 16.2. The molecule has 0 aliphatic heterocycles. The Hall–Kier alpha value is -2.10. The minimum absolute atomic E-state index is 0.00947. The molecular weight excluding hydrogens is 334 g/mol. The molecule has 4 nitrogen and oxygen atoms in total. The number of hydrogen-bond donors (Lipinski definition) is 1. The van der Waals surface area contributed by atoms with E-state index in [0.29, 0.717) is 0 Å². The van der Waals surface area contributed by atoms with Gasteiger partial charge >= 0.3 is 0 Å². The molecule has 0 radical (unpaired) electrons. The summed E-state index contributed by atoms with van der Waals surface area (Å²) in [4.78, 5) is 12.7. The van der Waals surface area contributed by atoms with Crippen LogP contribution >= 0.6 is 0 Å². The fourth-order valence-corrected chi connectivity index (χ4v) is 3.62. The number of nitrogens with one attached hydrogen (secondary N) is 1. The standard InChI is InChI=1S/C23H35N3O/c1-6-7-8-9-10-11-12-21-19(4)25-26(20(21)5)23(27)16-24-22-14-13-17(2)15-18(22)3/h13-15,24H,6-12,16H2,1-5H3. The van der Waals surface area contributed by atoms with Gasteiger partial charge in [-0.3, -0.25) is 4.79 Å². The van der Waals surface area contributed by atoms with E-state index in [-0.39, 0.29) is 12.5 Å². The third-order valence-corrected chi connectivity index (χ3v) is 5.27. The number of carbonyl (C=O) groups is 1. The molecule has 1 aromatic carbocycles. The first kappa shape index (κ1) is 21.2. The number of hydrogen-bond acceptors (Lipinski definition) is 3. The van der Waals surface area contributed by atoms with Crippen LogP contribution in [0.2, 0.25) is 0 Å². The van der Waals surface area contributed by atoms with Gasteiger partial charge in [0.25, 0.3) is 5.91 Å². The van der Waals surface area contributed by atoms with Gasteiger partial charge in [0.05, 0.1) is 12.2 Å². The average molecular weight is 370 g/mol. The molecule has 0 aliphatic carbocycles. The molecule has 0 amide bonds. The van der Waals surface area contributed by atoms with E-state index in [9.17, 15) is 4.79 Å². The fourth-order valence-electron chi connectivity index (χ4n) is 3.62. The molecule has 0 aliphatic rings. The Morgan fingerprint density at radius 3 is 2.44 bits per heavy atom. The highest BCUT2D eigenvalue weighted by Crippen LogP contribution is 2.18. The van der Waals surface area contributed by atoms with Crippen molar-refractivity contribution in [2.75, 3.05) is 11.9 Å². The van der Waals surface area contributed by atoms with Crippen LogP contribution in [-0.4, -0.2) is 22.2 Å². The summed E-state index contributed by atoms with van der Waals surface area (Å²) in [6.45, 7) is 10.7. The zero-order chi connectivity index (χ0) is 19.8. The molecule has 0 spiro atoms. The maximum absolute atomic E-state index is 12.7. The zero-order valence-corrected chi connectivity index (χ0v) is 17.7. The number of carbonyl (C=O) groups excluding carboxylic acids is 1. The number of benzene rings is 1. The molecule has 0 bridgehead atoms. The quantitative estimate of drug-likeness (QED) is 0.541. The SMILES string of the molecule is CCCCCCCCc1c(C)nn(C(=O)CNc2ccc(C)cc2C)c1C. The molecule has 1 N–H and O–H groups in total. The van der Waals surface area contributed by atoms with Gasteiger partial charge in [0.2, 0.25) is 0 Å². The van der Waals surface area contributed by atoms with Crippen molar-refractivity contribution in [2.45, 2.75) is 79.6 Å². The minimum atomic E-state index is -0.00947. The van der Waals surface area contributed by atoms with E-state index in [1.807, 2.05) is 19.9 Å². The second-order valence-corrected chi connectivity index (χ2v) is 7.64. The van der Waals surface area contributed by atoms with Crippen LogP contribution in [0.5, 0.6) is 0 Å². The smallest absolute Gasteiger partial charge is 0.266 e. The third-order valence-electron chi connectivity index (χ3n) is 5.27. The molecule has 0 unspecified atom stereocenters. The van der Waals surface area contributed by atoms with E-state index in [1.54, 1.807) is 4.68 Å². The van der Waals surface area contributed by atoms with Gasteiger partial charge in [-0.1, -0.05) is 56.7 Å². The van der Waals surface area contributed by atoms with Crippen molar-refractivity contribution >= 4 is 11.6 Å². The van der Waals surface area contributed by atoms with Gasteiger partial charge in [0.15, 0.2) is 0 Å². The van der Waals surface area contributed by atoms with Crippen LogP contribution in [0.25, 0.3) is 0 Å². The van der Waals surface area contributed by atoms with E-state index in [1.165, 1.54) is 49.7 Å². The van der Waals surface area contributed by atoms with Crippen molar-refractivity contribution in [3.63, 3.8) is 0 Å². The minimum Gasteiger partial charge on any atom is -0.376 e. The lowest BCUT2D eigenvalue weighted by Crippen LogP contribution is -2.23. The fraction of sp³-hybridized carbons (Fsp3) is 0.565. The first-order valence-corrected chi connectivity index (χ1v) is 10.3. The Bertz CT molecular complexity index is 761. The Morgan fingerprint density at radius 1 is 1.04 bits per heavy atom. The van der Waals surface area contributed by atoms with Crippen molar-refractivity contribution in [1.29, 1.82) is 0 Å². The lowest BCUT2D eigenvalue weighted by atomic mass is 10.0. The molecule has 148 valence electrons. The Labute approximate surface area is 164 Å². The topological polar surface area (TPSA) is 46.9 Å². The van der Waals surface area contributed by atoms with Crippen LogP contribution in [0.3, 0.4) is 0 Å². The molecule has 0 fully saturated rings. The summed E-state index contributed by atoms with van der Waals surface area (Å²) in [5, 5.41) is 7.77. The molecule has 2 rings (SSSR count). The highest BCUT2D eigenvalue weighted by Gasteiger charge is 2.16. The van der Waals surface area contributed by atoms with E-state index >= 15 is 0 Å². The monoisotopic (exact) mass is 369 g/mol. The summed E-state index contributed by atoms with van der Waals surface area (Å²) in [5.74, 6) is -0.00947. The van der Waals surface area contributed by atoms with Crippen LogP contribution in [0.4, 0.5) is 5.69 Å². The maximum atomic E-state index is 12.7. The number of aromatic nitrogens is 2. The van der Waals surface area contributed by atoms with Crippen molar-refractivity contribution in [3.05, 3.63) is 46.3 Å². The van der Waals surface area contributed by atoms with Crippen LogP contribution < -0.4 is 5.32 Å². The summed E-state index contributed by atoms with van der Waals surface area (Å²) in [5.41, 5.74) is 6.60. The van der Waals surface area contributed by atoms with E-state index in [4.69, 9.17) is 0 Å². The van der Waals surface area contributed by atoms with Gasteiger partial charge in [-0.15, -0.1) is 0 Å². The van der Waals surface area contributed by atoms with Gasteiger partial charge < -0.3 is 5.32 Å². The summed E-state index contributed by atoms with van der Waals surface area (Å²) >= 11 is 0. The predicted molar refractivity (Wildman–Crippen MR) is 114 cm³/mol. The van der Waals surface area contributed by atoms with E-state index < -0.39 is 0 Å². The first-order valence-electron chi connectivity index (χ1n) is 10.3. The van der Waals surface area contributed by atoms with Crippen molar-refractivity contribution in [3.8, 4) is 0 Å². The Kier molecular flexibility index (Phi) is 8.08. The van der Waals surface area contributed by atoms with E-state index in [0.717, 1.165) is 29.1 Å². The summed E-state index contributed by atoms with van der Waals surface area (Å²) in [6.07, 6.45) is 8.69. The molecule has 27 heavy (non-hydrogen) atoms. The van der Waals surface area contributed by atoms with Crippen molar-refractivity contribution in [1.82, 2.24) is 9.78 Å². The summed E-state index contributed by atoms with van der Waals surface area (Å²) < 4.78 is 1.58. The molecule has 4 heteroatoms. The number of nitrogens with zero attached hydrogens (tertiary/aromatic N) is 2. The largest absolute Gasteiger partial charge is 0.376 e. The van der Waals surface area contributed by atoms with Crippen LogP contribution in [0, 0.1) is 27.7 Å². The molecule has 0 atom stereocenters. The maximum Gasteiger partial charge on any atom is 0.266 e. The lowest BCUT2D eigenvalue weighted by Gasteiger charge is -2.10. The number of rotatable bonds is 10. The summed E-state index contributed by atoms with van der Waals surface area (Å²) in [6, 6.07) is 6.21. The zero-order valence-electron chi connectivity index (χ0n) is 17.7. The van der Waals surface area contributed by atoms with Gasteiger partial charge in [0, 0.05) is 11.4 Å². The average Bonchev–Trinajstić information content (AvgIpc) is 2.91. The highest BCUT2D eigenvalue weighted by molar-refractivity contribution is 5.83. The number of anilines is 1. The third kappa shape index (κ3) is 5.95. The van der Waals surface area contributed by atoms with Gasteiger partial charge in [-0.25, -0.2) is 4.68 Å². The molecule has 2 aromatic rings. The van der Waals surface area contributed by atoms with Crippen molar-refractivity contribution < 1.29 is 4.79 Å². The molecule has 0 saturated carbocycles. The molecule has 1 heterocycles. The van der Waals surface area contributed by atoms with Crippen molar-refractivity contribution in [2.24, 2.45) is 0 Å². The first-order chi connectivity index (χ1) is 12.9. The lowest BCUT2D eigenvalue weighted by molar-refractivity contribution is 0.0910. The second kappa shape index (κ2) is 10.3. The second-order valence-electron chi connectivity index (χ2n) is 7.64. The van der Waals surface area contributed by atoms with Crippen LogP contribution in [0.1, 0.15) is 78.3 Å². The molecular formula is C23H35N3O. The Balaban J connectivity index is 1.92. The number of aryl methyl sites for hydroxylation is 3. The Morgan fingerprint density at radius 2 is 1.74 bits per heavy atom. The van der Waals surface area contributed by atoms with Gasteiger partial charge in [0.1, 0.15) is 0 Å². The molecule has 0 saturated heterocycles. The number of unbranched alkanes of at least 4 members (excludes halogenated alkanes) is 5. The molecule has 1 aromatic heterocycles. The van der Waals surface area contributed by atoms with Crippen LogP contribution in [0.15, 0.2) is 18.2 Å². The van der Waals surface area contributed by atoms with Gasteiger partial charge in [-0.2, -0.15) is 5.10 Å². The van der Waals surface area contributed by atoms with E-state index in [2.05, 4.69) is 43.3 Å². The predicted octanol–water partition coefficient (Wildman–Crippen LogP) is 5.77. The van der Waals surface area contributed by atoms with Gasteiger partial charge in [-0.05, 0) is 57.7 Å². The normalized spacial score (nSPS) is 11.0. The van der Waals surface area contributed by atoms with Crippen LogP contribution in [-0.2, 0) is 6.42 Å². The summed E-state index contributed by atoms with van der Waals surface area (Å²) in [7, 11) is 0.